The van der Waals surface area contributed by atoms with E-state index in [1.165, 1.54) is 0 Å². The minimum absolute atomic E-state index is 0.133. The molecule has 118 valence electrons. The standard InChI is InChI=1S/C14H17Cl2N5O/c1-2-3-6-21-8-12(22)19-14(21)20-13(17)18-9-4-5-10(15)11(16)7-9/h4-5,7H,2-3,6,8H2,1H3,(H3,17,18,19,20,22). The third kappa shape index (κ3) is 4.35. The topological polar surface area (TPSA) is 83.1 Å². The summed E-state index contributed by atoms with van der Waals surface area (Å²) >= 11 is 11.8. The first-order valence-electron chi connectivity index (χ1n) is 6.92. The number of halogens is 2. The molecule has 22 heavy (non-hydrogen) atoms. The summed E-state index contributed by atoms with van der Waals surface area (Å²) < 4.78 is 0. The van der Waals surface area contributed by atoms with Crippen LogP contribution in [0.25, 0.3) is 0 Å². The normalized spacial score (nSPS) is 15.2. The van der Waals surface area contributed by atoms with Gasteiger partial charge in [0.05, 0.1) is 10.0 Å². The Hall–Kier alpha value is -1.79. The van der Waals surface area contributed by atoms with Crippen LogP contribution in [0, 0.1) is 0 Å². The number of nitrogens with zero attached hydrogens (tertiary/aromatic N) is 3. The number of carbonyl (C=O) groups is 1. The van der Waals surface area contributed by atoms with Crippen molar-refractivity contribution in [3.05, 3.63) is 28.2 Å². The zero-order valence-corrected chi connectivity index (χ0v) is 13.7. The maximum Gasteiger partial charge on any atom is 0.268 e. The Kier molecular flexibility index (Phi) is 5.63. The molecule has 1 aliphatic heterocycles. The van der Waals surface area contributed by atoms with Gasteiger partial charge in [0.1, 0.15) is 6.54 Å². The Morgan fingerprint density at radius 2 is 2.23 bits per heavy atom. The summed E-state index contributed by atoms with van der Waals surface area (Å²) in [5.74, 6) is 0.258. The monoisotopic (exact) mass is 341 g/mol. The van der Waals surface area contributed by atoms with E-state index in [1.54, 1.807) is 18.2 Å². The van der Waals surface area contributed by atoms with Gasteiger partial charge in [-0.2, -0.15) is 9.98 Å². The van der Waals surface area contributed by atoms with Gasteiger partial charge in [0, 0.05) is 12.2 Å². The fourth-order valence-electron chi connectivity index (χ4n) is 1.93. The summed E-state index contributed by atoms with van der Waals surface area (Å²) in [6.07, 6.45) is 1.99. The van der Waals surface area contributed by atoms with E-state index >= 15 is 0 Å². The van der Waals surface area contributed by atoms with Crippen LogP contribution in [0.1, 0.15) is 19.8 Å². The van der Waals surface area contributed by atoms with Gasteiger partial charge in [-0.3, -0.25) is 4.79 Å². The van der Waals surface area contributed by atoms with Gasteiger partial charge in [-0.25, -0.2) is 0 Å². The number of guanidine groups is 2. The number of hydrogen-bond acceptors (Lipinski definition) is 3. The molecule has 0 unspecified atom stereocenters. The summed E-state index contributed by atoms with van der Waals surface area (Å²) in [6.45, 7) is 3.06. The highest BCUT2D eigenvalue weighted by molar-refractivity contribution is 6.42. The first kappa shape index (κ1) is 16.6. The third-order valence-corrected chi connectivity index (χ3v) is 3.77. The average molecular weight is 342 g/mol. The summed E-state index contributed by atoms with van der Waals surface area (Å²) in [7, 11) is 0. The van der Waals surface area contributed by atoms with Crippen molar-refractivity contribution in [2.45, 2.75) is 19.8 Å². The Bertz CT molecular complexity index is 630. The van der Waals surface area contributed by atoms with Crippen molar-refractivity contribution in [2.24, 2.45) is 15.7 Å². The number of nitrogens with one attached hydrogen (secondary N) is 1. The van der Waals surface area contributed by atoms with E-state index in [-0.39, 0.29) is 18.4 Å². The molecule has 1 aliphatic rings. The molecule has 0 bridgehead atoms. The van der Waals surface area contributed by atoms with Crippen molar-refractivity contribution >= 4 is 46.7 Å². The molecule has 1 heterocycles. The van der Waals surface area contributed by atoms with Gasteiger partial charge < -0.3 is 16.0 Å². The molecule has 1 amide bonds. The fourth-order valence-corrected chi connectivity index (χ4v) is 2.23. The zero-order chi connectivity index (χ0) is 16.1. The van der Waals surface area contributed by atoms with Gasteiger partial charge in [0.2, 0.25) is 11.9 Å². The first-order chi connectivity index (χ1) is 10.5. The molecule has 8 heteroatoms. The van der Waals surface area contributed by atoms with Crippen molar-refractivity contribution in [3.8, 4) is 0 Å². The Morgan fingerprint density at radius 3 is 2.91 bits per heavy atom. The number of rotatable bonds is 4. The minimum Gasteiger partial charge on any atom is -0.369 e. The minimum atomic E-state index is -0.211. The van der Waals surface area contributed by atoms with Gasteiger partial charge in [0.15, 0.2) is 0 Å². The van der Waals surface area contributed by atoms with Crippen molar-refractivity contribution in [1.82, 2.24) is 4.90 Å². The molecule has 0 radical (unpaired) electrons. The van der Waals surface area contributed by atoms with Crippen LogP contribution in [0.4, 0.5) is 5.69 Å². The van der Waals surface area contributed by atoms with Crippen molar-refractivity contribution in [2.75, 3.05) is 18.4 Å². The van der Waals surface area contributed by atoms with E-state index < -0.39 is 0 Å². The lowest BCUT2D eigenvalue weighted by Crippen LogP contribution is -2.32. The second-order valence-corrected chi connectivity index (χ2v) is 5.65. The van der Waals surface area contributed by atoms with E-state index in [1.807, 2.05) is 4.90 Å². The molecule has 0 spiro atoms. The summed E-state index contributed by atoms with van der Waals surface area (Å²) in [4.78, 5) is 21.3. The van der Waals surface area contributed by atoms with Crippen LogP contribution in [-0.4, -0.2) is 35.8 Å². The number of anilines is 1. The molecule has 0 atom stereocenters. The van der Waals surface area contributed by atoms with Gasteiger partial charge in [-0.05, 0) is 24.6 Å². The molecule has 0 saturated heterocycles. The van der Waals surface area contributed by atoms with Gasteiger partial charge in [-0.15, -0.1) is 0 Å². The van der Waals surface area contributed by atoms with Crippen LogP contribution in [0.15, 0.2) is 28.2 Å². The molecule has 6 nitrogen and oxygen atoms in total. The molecule has 0 aliphatic carbocycles. The van der Waals surface area contributed by atoms with Crippen LogP contribution in [0.2, 0.25) is 10.0 Å². The van der Waals surface area contributed by atoms with Gasteiger partial charge >= 0.3 is 0 Å². The Labute approximate surface area is 139 Å². The highest BCUT2D eigenvalue weighted by Gasteiger charge is 2.22. The summed E-state index contributed by atoms with van der Waals surface area (Å²) in [5.41, 5.74) is 6.51. The molecule has 1 aromatic rings. The number of amides is 1. The lowest BCUT2D eigenvalue weighted by molar-refractivity contribution is -0.117. The number of hydrogen-bond donors (Lipinski definition) is 2. The van der Waals surface area contributed by atoms with Crippen LogP contribution in [-0.2, 0) is 4.79 Å². The predicted octanol–water partition coefficient (Wildman–Crippen LogP) is 2.72. The molecular formula is C14H17Cl2N5O. The van der Waals surface area contributed by atoms with Crippen LogP contribution < -0.4 is 11.1 Å². The van der Waals surface area contributed by atoms with Crippen LogP contribution >= 0.6 is 23.2 Å². The van der Waals surface area contributed by atoms with Gasteiger partial charge in [-0.1, -0.05) is 36.5 Å². The number of carbonyl (C=O) groups excluding carboxylic acids is 1. The lowest BCUT2D eigenvalue weighted by atomic mass is 10.3. The second kappa shape index (κ2) is 7.47. The molecule has 2 rings (SSSR count). The summed E-state index contributed by atoms with van der Waals surface area (Å²) in [5, 5.41) is 3.77. The molecule has 3 N–H and O–H groups in total. The SMILES string of the molecule is CCCCN1CC(=O)N=C1N=C(N)Nc1ccc(Cl)c(Cl)c1. The smallest absolute Gasteiger partial charge is 0.268 e. The molecular weight excluding hydrogens is 325 g/mol. The molecule has 0 fully saturated rings. The maximum absolute atomic E-state index is 11.5. The quantitative estimate of drug-likeness (QED) is 0.651. The number of nitrogens with two attached hydrogens (primary N) is 1. The van der Waals surface area contributed by atoms with E-state index in [4.69, 9.17) is 28.9 Å². The number of aliphatic imine (C=N–C) groups is 2. The largest absolute Gasteiger partial charge is 0.369 e. The molecule has 0 aromatic heterocycles. The van der Waals surface area contributed by atoms with E-state index in [0.29, 0.717) is 21.7 Å². The zero-order valence-electron chi connectivity index (χ0n) is 12.1. The van der Waals surface area contributed by atoms with Crippen molar-refractivity contribution in [1.29, 1.82) is 0 Å². The summed E-state index contributed by atoms with van der Waals surface area (Å²) in [6, 6.07) is 5.03. The highest BCUT2D eigenvalue weighted by Crippen LogP contribution is 2.24. The Morgan fingerprint density at radius 1 is 1.45 bits per heavy atom. The average Bonchev–Trinajstić information content (AvgIpc) is 2.80. The molecule has 1 aromatic carbocycles. The first-order valence-corrected chi connectivity index (χ1v) is 7.68. The van der Waals surface area contributed by atoms with Gasteiger partial charge in [0.25, 0.3) is 5.91 Å². The van der Waals surface area contributed by atoms with Crippen LogP contribution in [0.5, 0.6) is 0 Å². The Balaban J connectivity index is 2.08. The lowest BCUT2D eigenvalue weighted by Gasteiger charge is -2.16. The van der Waals surface area contributed by atoms with Crippen LogP contribution in [0.3, 0.4) is 0 Å². The number of benzene rings is 1. The maximum atomic E-state index is 11.5. The number of unbranched alkanes of at least 4 members (excludes halogenated alkanes) is 1. The van der Waals surface area contributed by atoms with Crippen molar-refractivity contribution in [3.63, 3.8) is 0 Å². The molecule has 0 saturated carbocycles. The van der Waals surface area contributed by atoms with E-state index in [2.05, 4.69) is 22.2 Å². The fraction of sp³-hybridized carbons (Fsp3) is 0.357. The predicted molar refractivity (Wildman–Crippen MR) is 90.6 cm³/mol. The second-order valence-electron chi connectivity index (χ2n) is 4.83. The van der Waals surface area contributed by atoms with Crippen molar-refractivity contribution < 1.29 is 4.79 Å². The van der Waals surface area contributed by atoms with E-state index in [9.17, 15) is 4.79 Å². The third-order valence-electron chi connectivity index (χ3n) is 3.03. The van der Waals surface area contributed by atoms with E-state index in [0.717, 1.165) is 19.4 Å². The highest BCUT2D eigenvalue weighted by atomic mass is 35.5.